The fourth-order valence-corrected chi connectivity index (χ4v) is 3.63. The van der Waals surface area contributed by atoms with Gasteiger partial charge in [-0.15, -0.1) is 24.8 Å². The van der Waals surface area contributed by atoms with E-state index >= 15 is 0 Å². The van der Waals surface area contributed by atoms with Gasteiger partial charge >= 0.3 is 0 Å². The number of nitrogens with one attached hydrogen (secondary N) is 1. The molecule has 0 aliphatic carbocycles. The summed E-state index contributed by atoms with van der Waals surface area (Å²) in [5.74, 6) is -0.351. The number of amides is 1. The average molecular weight is 438 g/mol. The standard InChI is InChI=1S/C23H31N3O.2ClH/c1-18(22(24)20-9-5-4-6-10-20)23(27)25-21-13-11-19(12-14-21)17-26-15-7-2-3-8-16-26;;/h4-6,9-14,18,22H,2-3,7-8,15-17,24H2,1H3,(H,25,27);2*1H. The van der Waals surface area contributed by atoms with Gasteiger partial charge in [0.1, 0.15) is 0 Å². The van der Waals surface area contributed by atoms with Crippen LogP contribution in [0.1, 0.15) is 49.8 Å². The number of benzene rings is 2. The first-order chi connectivity index (χ1) is 13.1. The molecule has 1 aliphatic rings. The van der Waals surface area contributed by atoms with Crippen LogP contribution in [0.15, 0.2) is 54.6 Å². The van der Waals surface area contributed by atoms with Gasteiger partial charge in [0.05, 0.1) is 5.92 Å². The molecule has 3 rings (SSSR count). The first-order valence-electron chi connectivity index (χ1n) is 10.1. The van der Waals surface area contributed by atoms with Crippen LogP contribution in [0.2, 0.25) is 0 Å². The molecular weight excluding hydrogens is 405 g/mol. The number of hydrogen-bond donors (Lipinski definition) is 2. The van der Waals surface area contributed by atoms with Gasteiger partial charge in [-0.3, -0.25) is 9.69 Å². The Labute approximate surface area is 187 Å². The van der Waals surface area contributed by atoms with Crippen LogP contribution in [0, 0.1) is 5.92 Å². The first kappa shape index (κ1) is 25.4. The van der Waals surface area contributed by atoms with Crippen LogP contribution < -0.4 is 11.1 Å². The minimum Gasteiger partial charge on any atom is -0.326 e. The summed E-state index contributed by atoms with van der Waals surface area (Å²) in [6.07, 6.45) is 5.30. The molecule has 2 atom stereocenters. The summed E-state index contributed by atoms with van der Waals surface area (Å²) in [7, 11) is 0. The highest BCUT2D eigenvalue weighted by Crippen LogP contribution is 2.21. The molecule has 0 radical (unpaired) electrons. The zero-order valence-corrected chi connectivity index (χ0v) is 18.7. The van der Waals surface area contributed by atoms with Crippen LogP contribution in [-0.4, -0.2) is 23.9 Å². The van der Waals surface area contributed by atoms with Crippen molar-refractivity contribution in [1.29, 1.82) is 0 Å². The van der Waals surface area contributed by atoms with Crippen molar-refractivity contribution < 1.29 is 4.79 Å². The number of hydrogen-bond acceptors (Lipinski definition) is 3. The highest BCUT2D eigenvalue weighted by atomic mass is 35.5. The Hall–Kier alpha value is -1.59. The normalized spacial score (nSPS) is 16.5. The third-order valence-electron chi connectivity index (χ3n) is 5.46. The van der Waals surface area contributed by atoms with Gasteiger partial charge in [0.25, 0.3) is 0 Å². The first-order valence-corrected chi connectivity index (χ1v) is 10.1. The molecule has 0 spiro atoms. The van der Waals surface area contributed by atoms with Crippen LogP contribution >= 0.6 is 24.8 Å². The average Bonchev–Trinajstić information content (AvgIpc) is 2.97. The van der Waals surface area contributed by atoms with Crippen molar-refractivity contribution in [2.75, 3.05) is 18.4 Å². The van der Waals surface area contributed by atoms with Crippen molar-refractivity contribution in [3.63, 3.8) is 0 Å². The summed E-state index contributed by atoms with van der Waals surface area (Å²) < 4.78 is 0. The quantitative estimate of drug-likeness (QED) is 0.653. The molecule has 2 aromatic rings. The van der Waals surface area contributed by atoms with E-state index in [1.807, 2.05) is 49.4 Å². The van der Waals surface area contributed by atoms with Crippen LogP contribution in [0.3, 0.4) is 0 Å². The second-order valence-corrected chi connectivity index (χ2v) is 7.60. The molecule has 29 heavy (non-hydrogen) atoms. The highest BCUT2D eigenvalue weighted by Gasteiger charge is 2.22. The topological polar surface area (TPSA) is 58.4 Å². The number of halogens is 2. The molecule has 2 aromatic carbocycles. The molecule has 2 unspecified atom stereocenters. The Morgan fingerprint density at radius 3 is 2.14 bits per heavy atom. The Balaban J connectivity index is 0.00000210. The Morgan fingerprint density at radius 1 is 0.966 bits per heavy atom. The van der Waals surface area contributed by atoms with Gasteiger partial charge in [-0.2, -0.15) is 0 Å². The maximum absolute atomic E-state index is 12.6. The number of likely N-dealkylation sites (tertiary alicyclic amines) is 1. The van der Waals surface area contributed by atoms with Crippen molar-refractivity contribution >= 4 is 36.4 Å². The molecule has 160 valence electrons. The van der Waals surface area contributed by atoms with Crippen LogP contribution in [0.25, 0.3) is 0 Å². The van der Waals surface area contributed by atoms with Gasteiger partial charge < -0.3 is 11.1 Å². The summed E-state index contributed by atoms with van der Waals surface area (Å²) in [6, 6.07) is 17.7. The summed E-state index contributed by atoms with van der Waals surface area (Å²) >= 11 is 0. The van der Waals surface area contributed by atoms with Gasteiger partial charge in [0.2, 0.25) is 5.91 Å². The monoisotopic (exact) mass is 437 g/mol. The van der Waals surface area contributed by atoms with Crippen LogP contribution in [0.5, 0.6) is 0 Å². The lowest BCUT2D eigenvalue weighted by Gasteiger charge is -2.21. The summed E-state index contributed by atoms with van der Waals surface area (Å²) in [6.45, 7) is 5.24. The van der Waals surface area contributed by atoms with Crippen molar-refractivity contribution in [1.82, 2.24) is 4.90 Å². The van der Waals surface area contributed by atoms with Crippen molar-refractivity contribution in [3.8, 4) is 0 Å². The second-order valence-electron chi connectivity index (χ2n) is 7.60. The van der Waals surface area contributed by atoms with E-state index in [0.29, 0.717) is 0 Å². The molecule has 0 bridgehead atoms. The fourth-order valence-electron chi connectivity index (χ4n) is 3.63. The third-order valence-corrected chi connectivity index (χ3v) is 5.46. The second kappa shape index (κ2) is 12.9. The maximum atomic E-state index is 12.6. The predicted octanol–water partition coefficient (Wildman–Crippen LogP) is 5.18. The molecule has 1 amide bonds. The number of rotatable bonds is 6. The zero-order valence-electron chi connectivity index (χ0n) is 17.0. The number of anilines is 1. The van der Waals surface area contributed by atoms with Crippen molar-refractivity contribution in [3.05, 3.63) is 65.7 Å². The lowest BCUT2D eigenvalue weighted by atomic mass is 9.94. The van der Waals surface area contributed by atoms with Gasteiger partial charge in [0.15, 0.2) is 0 Å². The molecule has 0 aromatic heterocycles. The largest absolute Gasteiger partial charge is 0.326 e. The van der Waals surface area contributed by atoms with Crippen molar-refractivity contribution in [2.45, 2.75) is 45.2 Å². The molecule has 1 heterocycles. The lowest BCUT2D eigenvalue weighted by molar-refractivity contribution is -0.120. The molecule has 4 nitrogen and oxygen atoms in total. The lowest BCUT2D eigenvalue weighted by Crippen LogP contribution is -2.30. The summed E-state index contributed by atoms with van der Waals surface area (Å²) in [4.78, 5) is 15.1. The fraction of sp³-hybridized carbons (Fsp3) is 0.435. The van der Waals surface area contributed by atoms with Crippen LogP contribution in [-0.2, 0) is 11.3 Å². The molecule has 1 fully saturated rings. The molecule has 6 heteroatoms. The van der Waals surface area contributed by atoms with Crippen LogP contribution in [0.4, 0.5) is 5.69 Å². The molecule has 1 saturated heterocycles. The molecule has 0 saturated carbocycles. The maximum Gasteiger partial charge on any atom is 0.229 e. The number of nitrogens with zero attached hydrogens (tertiary/aromatic N) is 1. The number of carbonyl (C=O) groups excluding carboxylic acids is 1. The predicted molar refractivity (Wildman–Crippen MR) is 126 cm³/mol. The molecule has 1 aliphatic heterocycles. The third kappa shape index (κ3) is 7.63. The van der Waals surface area contributed by atoms with Gasteiger partial charge in [-0.1, -0.05) is 62.2 Å². The molecular formula is C23H33Cl2N3O. The highest BCUT2D eigenvalue weighted by molar-refractivity contribution is 5.92. The van der Waals surface area contributed by atoms with Gasteiger partial charge in [0, 0.05) is 18.3 Å². The number of nitrogens with two attached hydrogens (primary N) is 1. The smallest absolute Gasteiger partial charge is 0.229 e. The van der Waals surface area contributed by atoms with Crippen molar-refractivity contribution in [2.24, 2.45) is 11.7 Å². The SMILES string of the molecule is CC(C(=O)Nc1ccc(CN2CCCCCC2)cc1)C(N)c1ccccc1.Cl.Cl. The van der Waals surface area contributed by atoms with E-state index in [4.69, 9.17) is 5.73 Å². The van der Waals surface area contributed by atoms with E-state index in [0.717, 1.165) is 17.8 Å². The van der Waals surface area contributed by atoms with E-state index in [2.05, 4.69) is 22.3 Å². The van der Waals surface area contributed by atoms with E-state index < -0.39 is 0 Å². The zero-order chi connectivity index (χ0) is 19.1. The van der Waals surface area contributed by atoms with Gasteiger partial charge in [-0.25, -0.2) is 0 Å². The Bertz CT molecular complexity index is 717. The van der Waals surface area contributed by atoms with Gasteiger partial charge in [-0.05, 0) is 49.2 Å². The van der Waals surface area contributed by atoms with E-state index in [-0.39, 0.29) is 42.7 Å². The Kier molecular flexibility index (Phi) is 11.3. The number of carbonyl (C=O) groups is 1. The Morgan fingerprint density at radius 2 is 1.55 bits per heavy atom. The molecule has 3 N–H and O–H groups in total. The summed E-state index contributed by atoms with van der Waals surface area (Å²) in [5, 5.41) is 3.00. The summed E-state index contributed by atoms with van der Waals surface area (Å²) in [5.41, 5.74) is 9.37. The van der Waals surface area contributed by atoms with E-state index in [9.17, 15) is 4.79 Å². The van der Waals surface area contributed by atoms with E-state index in [1.165, 1.54) is 44.3 Å². The minimum atomic E-state index is -0.312. The van der Waals surface area contributed by atoms with E-state index in [1.54, 1.807) is 0 Å². The minimum absolute atomic E-state index is 0.